The summed E-state index contributed by atoms with van der Waals surface area (Å²) >= 11 is 0. The van der Waals surface area contributed by atoms with Crippen LogP contribution in [0, 0.1) is 0 Å². The van der Waals surface area contributed by atoms with Gasteiger partial charge in [-0.15, -0.1) is 0 Å². The summed E-state index contributed by atoms with van der Waals surface area (Å²) in [5.74, 6) is 0.131. The van der Waals surface area contributed by atoms with Crippen LogP contribution in [0.2, 0.25) is 0 Å². The van der Waals surface area contributed by atoms with E-state index < -0.39 is 11.4 Å². The highest BCUT2D eigenvalue weighted by atomic mass is 16.5. The third kappa shape index (κ3) is 3.21. The van der Waals surface area contributed by atoms with Crippen LogP contribution in [-0.2, 0) is 16.8 Å². The first-order chi connectivity index (χ1) is 9.99. The topological polar surface area (TPSA) is 49.8 Å². The highest BCUT2D eigenvalue weighted by Gasteiger charge is 2.41. The first-order valence-corrected chi connectivity index (χ1v) is 7.55. The van der Waals surface area contributed by atoms with Crippen LogP contribution in [0.1, 0.15) is 43.2 Å². The zero-order chi connectivity index (χ0) is 15.5. The molecule has 1 aromatic carbocycles. The smallest absolute Gasteiger partial charge is 0.314 e. The molecule has 0 radical (unpaired) electrons. The predicted octanol–water partition coefficient (Wildman–Crippen LogP) is 3.04. The van der Waals surface area contributed by atoms with Crippen LogP contribution < -0.4 is 4.74 Å². The number of methoxy groups -OCH3 is 1. The van der Waals surface area contributed by atoms with Crippen LogP contribution in [0.3, 0.4) is 0 Å². The zero-order valence-electron chi connectivity index (χ0n) is 13.2. The molecule has 0 aliphatic heterocycles. The van der Waals surface area contributed by atoms with E-state index in [1.54, 1.807) is 7.11 Å². The summed E-state index contributed by atoms with van der Waals surface area (Å²) in [4.78, 5) is 14.0. The Bertz CT molecular complexity index is 505. The van der Waals surface area contributed by atoms with Gasteiger partial charge in [0.25, 0.3) is 0 Å². The van der Waals surface area contributed by atoms with Crippen molar-refractivity contribution in [3.8, 4) is 5.75 Å². The van der Waals surface area contributed by atoms with E-state index in [-0.39, 0.29) is 0 Å². The molecule has 0 unspecified atom stereocenters. The van der Waals surface area contributed by atoms with Crippen molar-refractivity contribution < 1.29 is 14.6 Å². The molecule has 0 heterocycles. The predicted molar refractivity (Wildman–Crippen MR) is 82.8 cm³/mol. The first-order valence-electron chi connectivity index (χ1n) is 7.55. The molecule has 0 bridgehead atoms. The number of benzene rings is 1. The number of ether oxygens (including phenoxy) is 1. The number of hydrogen-bond donors (Lipinski definition) is 1. The number of carbonyl (C=O) groups is 1. The second kappa shape index (κ2) is 6.48. The molecule has 1 aliphatic carbocycles. The Morgan fingerprint density at radius 2 is 1.95 bits per heavy atom. The van der Waals surface area contributed by atoms with Gasteiger partial charge in [0.1, 0.15) is 5.75 Å². The average Bonchev–Trinajstić information content (AvgIpc) is 2.47. The fourth-order valence-electron chi connectivity index (χ4n) is 3.32. The number of aliphatic carboxylic acids is 1. The lowest BCUT2D eigenvalue weighted by Gasteiger charge is -2.34. The fourth-order valence-corrected chi connectivity index (χ4v) is 3.32. The third-order valence-corrected chi connectivity index (χ3v) is 4.44. The maximum Gasteiger partial charge on any atom is 0.314 e. The Kier molecular flexibility index (Phi) is 4.88. The minimum absolute atomic E-state index is 0.692. The summed E-state index contributed by atoms with van der Waals surface area (Å²) in [6.45, 7) is 0.743. The van der Waals surface area contributed by atoms with Crippen LogP contribution in [0.5, 0.6) is 5.75 Å². The SMILES string of the molecule is COc1ccc(C2(C(=O)O)CCCCC2)cc1CN(C)C. The number of carboxylic acid groups (broad SMARTS) is 1. The molecule has 0 spiro atoms. The van der Waals surface area contributed by atoms with E-state index in [1.165, 1.54) is 0 Å². The standard InChI is InChI=1S/C17H25NO3/c1-18(2)12-13-11-14(7-8-15(13)21-3)17(16(19)20)9-5-4-6-10-17/h7-8,11H,4-6,9-10,12H2,1-3H3,(H,19,20). The summed E-state index contributed by atoms with van der Waals surface area (Å²) in [6.07, 6.45) is 4.57. The number of hydrogen-bond acceptors (Lipinski definition) is 3. The van der Waals surface area contributed by atoms with Gasteiger partial charge in [0.05, 0.1) is 12.5 Å². The van der Waals surface area contributed by atoms with Crippen molar-refractivity contribution in [1.82, 2.24) is 4.90 Å². The van der Waals surface area contributed by atoms with Gasteiger partial charge in [0, 0.05) is 12.1 Å². The lowest BCUT2D eigenvalue weighted by atomic mass is 9.69. The summed E-state index contributed by atoms with van der Waals surface area (Å²) in [5, 5.41) is 9.80. The minimum Gasteiger partial charge on any atom is -0.496 e. The van der Waals surface area contributed by atoms with Crippen molar-refractivity contribution in [3.63, 3.8) is 0 Å². The fraction of sp³-hybridized carbons (Fsp3) is 0.588. The molecule has 0 amide bonds. The Morgan fingerprint density at radius 3 is 2.48 bits per heavy atom. The van der Waals surface area contributed by atoms with Gasteiger partial charge in [-0.25, -0.2) is 0 Å². The second-order valence-electron chi connectivity index (χ2n) is 6.21. The van der Waals surface area contributed by atoms with E-state index in [4.69, 9.17) is 4.74 Å². The monoisotopic (exact) mass is 291 g/mol. The van der Waals surface area contributed by atoms with Gasteiger partial charge in [-0.3, -0.25) is 4.79 Å². The Balaban J connectivity index is 2.44. The van der Waals surface area contributed by atoms with Gasteiger partial charge < -0.3 is 14.7 Å². The van der Waals surface area contributed by atoms with Crippen LogP contribution in [0.25, 0.3) is 0 Å². The molecule has 1 saturated carbocycles. The maximum atomic E-state index is 11.9. The molecule has 1 aromatic rings. The summed E-state index contributed by atoms with van der Waals surface area (Å²) in [6, 6.07) is 5.86. The molecule has 2 rings (SSSR count). The van der Waals surface area contributed by atoms with Crippen molar-refractivity contribution in [1.29, 1.82) is 0 Å². The molecule has 0 aromatic heterocycles. The lowest BCUT2D eigenvalue weighted by molar-refractivity contribution is -0.145. The molecule has 0 saturated heterocycles. The molecular formula is C17H25NO3. The minimum atomic E-state index is -0.717. The zero-order valence-corrected chi connectivity index (χ0v) is 13.2. The first kappa shape index (κ1) is 15.8. The highest BCUT2D eigenvalue weighted by Crippen LogP contribution is 2.41. The van der Waals surface area contributed by atoms with Gasteiger partial charge in [0.2, 0.25) is 0 Å². The van der Waals surface area contributed by atoms with E-state index in [1.807, 2.05) is 32.3 Å². The summed E-state index contributed by atoms with van der Waals surface area (Å²) in [7, 11) is 5.65. The van der Waals surface area contributed by atoms with E-state index in [0.29, 0.717) is 0 Å². The van der Waals surface area contributed by atoms with Crippen molar-refractivity contribution in [3.05, 3.63) is 29.3 Å². The maximum absolute atomic E-state index is 11.9. The highest BCUT2D eigenvalue weighted by molar-refractivity contribution is 5.81. The van der Waals surface area contributed by atoms with Gasteiger partial charge in [-0.1, -0.05) is 25.3 Å². The molecule has 4 nitrogen and oxygen atoms in total. The molecule has 4 heteroatoms. The van der Waals surface area contributed by atoms with Crippen LogP contribution >= 0.6 is 0 Å². The normalized spacial score (nSPS) is 17.7. The summed E-state index contributed by atoms with van der Waals surface area (Å²) in [5.41, 5.74) is 1.25. The van der Waals surface area contributed by atoms with E-state index >= 15 is 0 Å². The molecule has 1 aliphatic rings. The van der Waals surface area contributed by atoms with Crippen LogP contribution in [0.4, 0.5) is 0 Å². The number of carboxylic acids is 1. The van der Waals surface area contributed by atoms with Gasteiger partial charge in [0.15, 0.2) is 0 Å². The Morgan fingerprint density at radius 1 is 1.29 bits per heavy atom. The lowest BCUT2D eigenvalue weighted by Crippen LogP contribution is -2.38. The Hall–Kier alpha value is -1.55. The van der Waals surface area contributed by atoms with Gasteiger partial charge >= 0.3 is 5.97 Å². The third-order valence-electron chi connectivity index (χ3n) is 4.44. The van der Waals surface area contributed by atoms with Crippen molar-refractivity contribution >= 4 is 5.97 Å². The molecular weight excluding hydrogens is 266 g/mol. The Labute approximate surface area is 126 Å². The van der Waals surface area contributed by atoms with Gasteiger partial charge in [-0.05, 0) is 44.6 Å². The van der Waals surface area contributed by atoms with Gasteiger partial charge in [-0.2, -0.15) is 0 Å². The summed E-state index contributed by atoms with van der Waals surface area (Å²) < 4.78 is 5.41. The second-order valence-corrected chi connectivity index (χ2v) is 6.21. The number of rotatable bonds is 5. The molecule has 1 N–H and O–H groups in total. The van der Waals surface area contributed by atoms with Crippen molar-refractivity contribution in [2.45, 2.75) is 44.1 Å². The largest absolute Gasteiger partial charge is 0.496 e. The van der Waals surface area contributed by atoms with Crippen LogP contribution in [0.15, 0.2) is 18.2 Å². The van der Waals surface area contributed by atoms with E-state index in [9.17, 15) is 9.90 Å². The molecule has 21 heavy (non-hydrogen) atoms. The van der Waals surface area contributed by atoms with Crippen LogP contribution in [-0.4, -0.2) is 37.2 Å². The van der Waals surface area contributed by atoms with E-state index in [2.05, 4.69) is 4.90 Å². The quantitative estimate of drug-likeness (QED) is 0.906. The molecule has 1 fully saturated rings. The molecule has 0 atom stereocenters. The van der Waals surface area contributed by atoms with Crippen molar-refractivity contribution in [2.75, 3.05) is 21.2 Å². The van der Waals surface area contributed by atoms with E-state index in [0.717, 1.165) is 55.5 Å². The number of nitrogens with zero attached hydrogens (tertiary/aromatic N) is 1. The molecule has 116 valence electrons. The van der Waals surface area contributed by atoms with Crippen molar-refractivity contribution in [2.24, 2.45) is 0 Å². The average molecular weight is 291 g/mol.